The smallest absolute Gasteiger partial charge is 0.252 e. The van der Waals surface area contributed by atoms with Crippen LogP contribution in [0.4, 0.5) is 0 Å². The van der Waals surface area contributed by atoms with E-state index in [2.05, 4.69) is 38.1 Å². The summed E-state index contributed by atoms with van der Waals surface area (Å²) in [6, 6.07) is 2.18. The first-order valence-corrected chi connectivity index (χ1v) is 7.09. The Balaban J connectivity index is 1.84. The van der Waals surface area contributed by atoms with Crippen LogP contribution >= 0.6 is 15.9 Å². The summed E-state index contributed by atoms with van der Waals surface area (Å²) in [4.78, 5) is 18.3. The van der Waals surface area contributed by atoms with Crippen molar-refractivity contribution in [1.29, 1.82) is 0 Å². The van der Waals surface area contributed by atoms with Crippen molar-refractivity contribution in [2.75, 3.05) is 19.6 Å². The highest BCUT2D eigenvalue weighted by Crippen LogP contribution is 2.12. The Morgan fingerprint density at radius 2 is 2.22 bits per heavy atom. The number of halogens is 1. The minimum absolute atomic E-state index is 0.0603. The Hall–Kier alpha value is -0.940. The first kappa shape index (κ1) is 13.5. The van der Waals surface area contributed by atoms with Crippen molar-refractivity contribution in [1.82, 2.24) is 15.2 Å². The van der Waals surface area contributed by atoms with Gasteiger partial charge in [0.25, 0.3) is 5.91 Å². The summed E-state index contributed by atoms with van der Waals surface area (Å²) < 4.78 is 0.822. The summed E-state index contributed by atoms with van der Waals surface area (Å²) in [5.41, 5.74) is 0.595. The molecule has 1 aliphatic heterocycles. The molecule has 0 spiro atoms. The van der Waals surface area contributed by atoms with Gasteiger partial charge in [0.2, 0.25) is 0 Å². The van der Waals surface area contributed by atoms with Crippen LogP contribution in [0.3, 0.4) is 0 Å². The number of hydrogen-bond donors (Lipinski definition) is 1. The molecule has 18 heavy (non-hydrogen) atoms. The fourth-order valence-corrected chi connectivity index (χ4v) is 2.55. The second kappa shape index (κ2) is 6.29. The number of nitrogens with zero attached hydrogens (tertiary/aromatic N) is 2. The quantitative estimate of drug-likeness (QED) is 0.925. The summed E-state index contributed by atoms with van der Waals surface area (Å²) >= 11 is 3.31. The van der Waals surface area contributed by atoms with Gasteiger partial charge in [0, 0.05) is 29.5 Å². The Morgan fingerprint density at radius 1 is 1.50 bits per heavy atom. The molecule has 4 nitrogen and oxygen atoms in total. The van der Waals surface area contributed by atoms with Crippen LogP contribution in [0.2, 0.25) is 0 Å². The predicted molar refractivity (Wildman–Crippen MR) is 74.5 cm³/mol. The molecule has 1 atom stereocenters. The lowest BCUT2D eigenvalue weighted by atomic mass is 10.2. The molecule has 1 saturated heterocycles. The van der Waals surface area contributed by atoms with E-state index >= 15 is 0 Å². The van der Waals surface area contributed by atoms with Crippen molar-refractivity contribution < 1.29 is 4.79 Å². The third-order valence-electron chi connectivity index (χ3n) is 3.29. The molecule has 0 aliphatic carbocycles. The highest BCUT2D eigenvalue weighted by atomic mass is 79.9. The molecule has 98 valence electrons. The van der Waals surface area contributed by atoms with E-state index in [4.69, 9.17) is 0 Å². The molecule has 0 unspecified atom stereocenters. The van der Waals surface area contributed by atoms with E-state index in [0.29, 0.717) is 18.2 Å². The first-order valence-electron chi connectivity index (χ1n) is 6.29. The van der Waals surface area contributed by atoms with Gasteiger partial charge in [-0.2, -0.15) is 0 Å². The van der Waals surface area contributed by atoms with E-state index < -0.39 is 0 Å². The third kappa shape index (κ3) is 3.53. The summed E-state index contributed by atoms with van der Waals surface area (Å²) in [6.07, 6.45) is 5.80. The van der Waals surface area contributed by atoms with Gasteiger partial charge in [0.15, 0.2) is 0 Å². The van der Waals surface area contributed by atoms with Crippen molar-refractivity contribution >= 4 is 21.8 Å². The summed E-state index contributed by atoms with van der Waals surface area (Å²) in [7, 11) is 0. The van der Waals surface area contributed by atoms with Gasteiger partial charge in [0.05, 0.1) is 5.56 Å². The Morgan fingerprint density at radius 3 is 2.89 bits per heavy atom. The standard InChI is InChI=1S/C13H18BrN3O/c1-10(17-4-2-3-5-17)7-16-13(18)11-6-12(14)9-15-8-11/h6,8-10H,2-5,7H2,1H3,(H,16,18)/t10-/m1/s1. The van der Waals surface area contributed by atoms with E-state index in [1.165, 1.54) is 12.8 Å². The summed E-state index contributed by atoms with van der Waals surface area (Å²) in [6.45, 7) is 5.14. The normalized spacial score (nSPS) is 17.7. The summed E-state index contributed by atoms with van der Waals surface area (Å²) in [5.74, 6) is -0.0603. The minimum Gasteiger partial charge on any atom is -0.350 e. The molecule has 1 N–H and O–H groups in total. The largest absolute Gasteiger partial charge is 0.350 e. The molecule has 1 aromatic heterocycles. The predicted octanol–water partition coefficient (Wildman–Crippen LogP) is 2.06. The van der Waals surface area contributed by atoms with Crippen LogP contribution in [0.25, 0.3) is 0 Å². The zero-order chi connectivity index (χ0) is 13.0. The second-order valence-corrected chi connectivity index (χ2v) is 5.61. The van der Waals surface area contributed by atoms with Crippen LogP contribution in [0, 0.1) is 0 Å². The third-order valence-corrected chi connectivity index (χ3v) is 3.72. The average Bonchev–Trinajstić information content (AvgIpc) is 2.89. The molecule has 0 aromatic carbocycles. The maximum absolute atomic E-state index is 11.9. The van der Waals surface area contributed by atoms with Crippen molar-refractivity contribution in [3.63, 3.8) is 0 Å². The highest BCUT2D eigenvalue weighted by molar-refractivity contribution is 9.10. The van der Waals surface area contributed by atoms with Crippen LogP contribution in [0.15, 0.2) is 22.9 Å². The zero-order valence-electron chi connectivity index (χ0n) is 10.5. The Bertz CT molecular complexity index is 418. The maximum atomic E-state index is 11.9. The van der Waals surface area contributed by atoms with E-state index in [-0.39, 0.29) is 5.91 Å². The van der Waals surface area contributed by atoms with Gasteiger partial charge >= 0.3 is 0 Å². The fourth-order valence-electron chi connectivity index (χ4n) is 2.19. The van der Waals surface area contributed by atoms with Gasteiger partial charge in [0.1, 0.15) is 0 Å². The lowest BCUT2D eigenvalue weighted by Gasteiger charge is -2.23. The molecule has 0 saturated carbocycles. The number of hydrogen-bond acceptors (Lipinski definition) is 3. The maximum Gasteiger partial charge on any atom is 0.252 e. The highest BCUT2D eigenvalue weighted by Gasteiger charge is 2.18. The lowest BCUT2D eigenvalue weighted by molar-refractivity contribution is 0.0940. The molecule has 1 aliphatic rings. The van der Waals surface area contributed by atoms with Gasteiger partial charge in [-0.1, -0.05) is 0 Å². The number of pyridine rings is 1. The van der Waals surface area contributed by atoms with E-state index in [9.17, 15) is 4.79 Å². The number of aromatic nitrogens is 1. The molecule has 5 heteroatoms. The lowest BCUT2D eigenvalue weighted by Crippen LogP contribution is -2.40. The van der Waals surface area contributed by atoms with Crippen LogP contribution in [-0.2, 0) is 0 Å². The van der Waals surface area contributed by atoms with E-state index in [1.54, 1.807) is 18.5 Å². The molecule has 2 heterocycles. The van der Waals surface area contributed by atoms with Gasteiger partial charge in [-0.25, -0.2) is 0 Å². The number of rotatable bonds is 4. The zero-order valence-corrected chi connectivity index (χ0v) is 12.1. The fraction of sp³-hybridized carbons (Fsp3) is 0.538. The molecule has 0 bridgehead atoms. The molecule has 0 radical (unpaired) electrons. The van der Waals surface area contributed by atoms with Crippen molar-refractivity contribution in [3.8, 4) is 0 Å². The Kier molecular flexibility index (Phi) is 4.72. The molecule has 1 fully saturated rings. The molecule has 1 aromatic rings. The van der Waals surface area contributed by atoms with Crippen molar-refractivity contribution in [2.24, 2.45) is 0 Å². The van der Waals surface area contributed by atoms with Gasteiger partial charge in [-0.3, -0.25) is 14.7 Å². The topological polar surface area (TPSA) is 45.2 Å². The Labute approximate surface area is 116 Å². The van der Waals surface area contributed by atoms with Gasteiger partial charge in [-0.15, -0.1) is 0 Å². The summed E-state index contributed by atoms with van der Waals surface area (Å²) in [5, 5.41) is 2.96. The van der Waals surface area contributed by atoms with Gasteiger partial charge < -0.3 is 5.32 Å². The monoisotopic (exact) mass is 311 g/mol. The molecular weight excluding hydrogens is 294 g/mol. The van der Waals surface area contributed by atoms with Crippen LogP contribution < -0.4 is 5.32 Å². The second-order valence-electron chi connectivity index (χ2n) is 4.69. The number of carbonyl (C=O) groups is 1. The van der Waals surface area contributed by atoms with Crippen LogP contribution in [0.5, 0.6) is 0 Å². The van der Waals surface area contributed by atoms with Crippen molar-refractivity contribution in [2.45, 2.75) is 25.8 Å². The molecule has 2 rings (SSSR count). The minimum atomic E-state index is -0.0603. The number of likely N-dealkylation sites (tertiary alicyclic amines) is 1. The molecular formula is C13H18BrN3O. The average molecular weight is 312 g/mol. The molecule has 1 amide bonds. The number of amides is 1. The first-order chi connectivity index (χ1) is 8.66. The van der Waals surface area contributed by atoms with E-state index in [1.807, 2.05) is 0 Å². The SMILES string of the molecule is C[C@H](CNC(=O)c1cncc(Br)c1)N1CCCC1. The van der Waals surface area contributed by atoms with E-state index in [0.717, 1.165) is 17.6 Å². The van der Waals surface area contributed by atoms with Gasteiger partial charge in [-0.05, 0) is 54.9 Å². The van der Waals surface area contributed by atoms with Crippen molar-refractivity contribution in [3.05, 3.63) is 28.5 Å². The number of carbonyl (C=O) groups excluding carboxylic acids is 1. The van der Waals surface area contributed by atoms with Crippen LogP contribution in [-0.4, -0.2) is 41.5 Å². The van der Waals surface area contributed by atoms with Crippen LogP contribution in [0.1, 0.15) is 30.1 Å². The number of nitrogens with one attached hydrogen (secondary N) is 1.